The van der Waals surface area contributed by atoms with Gasteiger partial charge in [0.25, 0.3) is 5.82 Å². The molecule has 0 amide bonds. The number of likely N-dealkylation sites (N-methyl/N-ethyl adjacent to an activating group) is 1. The molecule has 0 spiro atoms. The van der Waals surface area contributed by atoms with E-state index < -0.39 is 31.7 Å². The van der Waals surface area contributed by atoms with Gasteiger partial charge in [-0.25, -0.2) is 26.0 Å². The van der Waals surface area contributed by atoms with Crippen molar-refractivity contribution in [2.45, 2.75) is 52.6 Å². The number of unbranched alkanes of at least 4 members (excludes halogenated alkanes) is 2. The normalized spacial score (nSPS) is 16.5. The number of carbonyl (C=O) groups excluding carboxylic acids is 4. The molecule has 288 valence electrons. The fourth-order valence-corrected chi connectivity index (χ4v) is 8.46. The number of hydrogen-bond donors (Lipinski definition) is 0. The number of nitrogens with zero attached hydrogens (tertiary/aromatic N) is 4. The van der Waals surface area contributed by atoms with Crippen LogP contribution in [-0.2, 0) is 33.3 Å². The third-order valence-corrected chi connectivity index (χ3v) is 11.3. The zero-order valence-electron chi connectivity index (χ0n) is 30.3. The summed E-state index contributed by atoms with van der Waals surface area (Å²) in [7, 11) is -8.88. The first-order chi connectivity index (χ1) is 26.2. The average Bonchev–Trinajstić information content (AvgIpc) is 3.64. The van der Waals surface area contributed by atoms with E-state index in [4.69, 9.17) is 0 Å². The summed E-state index contributed by atoms with van der Waals surface area (Å²) in [4.78, 5) is 58.7. The molecule has 1 aromatic heterocycles. The molecule has 0 N–H and O–H groups in total. The Balaban J connectivity index is 1.35. The Hall–Kier alpha value is -5.29. The topological polar surface area (TPSA) is 198 Å². The van der Waals surface area contributed by atoms with Gasteiger partial charge in [0.2, 0.25) is 34.5 Å². The van der Waals surface area contributed by atoms with Crippen LogP contribution in [0, 0.1) is 0 Å². The molecule has 14 nitrogen and oxygen atoms in total. The number of imidazole rings is 1. The van der Waals surface area contributed by atoms with Gasteiger partial charge < -0.3 is 18.9 Å². The predicted octanol–water partition coefficient (Wildman–Crippen LogP) is 3.56. The molecular formula is C39H39N4O10S2-. The third-order valence-electron chi connectivity index (χ3n) is 9.72. The van der Waals surface area contributed by atoms with Gasteiger partial charge in [-0.2, -0.15) is 0 Å². The Morgan fingerprint density at radius 2 is 1.16 bits per heavy atom. The van der Waals surface area contributed by atoms with Crippen molar-refractivity contribution in [1.82, 2.24) is 14.4 Å². The van der Waals surface area contributed by atoms with Crippen molar-refractivity contribution in [3.8, 4) is 0 Å². The number of benzene rings is 2. The third kappa shape index (κ3) is 7.80. The first kappa shape index (κ1) is 39.4. The van der Waals surface area contributed by atoms with Crippen molar-refractivity contribution in [3.63, 3.8) is 0 Å². The molecule has 0 radical (unpaired) electrons. The van der Waals surface area contributed by atoms with E-state index in [9.17, 15) is 45.1 Å². The van der Waals surface area contributed by atoms with Crippen LogP contribution in [0.4, 0.5) is 0 Å². The Labute approximate surface area is 319 Å². The number of ketones is 4. The van der Waals surface area contributed by atoms with E-state index in [0.29, 0.717) is 24.7 Å². The van der Waals surface area contributed by atoms with Crippen molar-refractivity contribution in [1.29, 1.82) is 0 Å². The van der Waals surface area contributed by atoms with E-state index >= 15 is 0 Å². The van der Waals surface area contributed by atoms with Crippen molar-refractivity contribution >= 4 is 49.4 Å². The summed E-state index contributed by atoms with van der Waals surface area (Å²) < 4.78 is 71.1. The highest BCUT2D eigenvalue weighted by molar-refractivity contribution is 7.85. The standard InChI is InChI=1S/C39H40N4O10S2/c1-3-40-30(42(22-12-14-24-54(48,49)50)34-32(40)36(44)26-16-8-10-18-28(26)38(34)46)20-6-5-7-21-31-41(4-2)33-35(43(31)23-13-15-25-55(51,52)53)39(47)29-19-11-9-17-27(29)37(33)45/h5-11,16-21H,3-4,12-15,22-25H2,1-2H3,(H-,48,49,50,51,52,53)/p-1. The van der Waals surface area contributed by atoms with Crippen molar-refractivity contribution in [3.05, 3.63) is 130 Å². The molecule has 3 aliphatic rings. The molecule has 16 heteroatoms. The number of allylic oxidation sites excluding steroid dienone is 6. The zero-order chi connectivity index (χ0) is 39.7. The number of aromatic nitrogens is 2. The monoisotopic (exact) mass is 787 g/mol. The van der Waals surface area contributed by atoms with Gasteiger partial charge in [0.1, 0.15) is 17.2 Å². The first-order valence-electron chi connectivity index (χ1n) is 17.9. The average molecular weight is 788 g/mol. The maximum atomic E-state index is 13.8. The smallest absolute Gasteiger partial charge is 0.282 e. The second-order valence-corrected chi connectivity index (χ2v) is 16.2. The van der Waals surface area contributed by atoms with Gasteiger partial charge in [0.05, 0.1) is 33.3 Å². The fourth-order valence-electron chi connectivity index (χ4n) is 7.35. The SMILES string of the molecule is CCN1C(=CC=CC=Cc2n(CC)c3c([n+]2CCCCS(=O)(=O)[O-])C(=O)c2ccccc2C3=O)N(CCCCS(=O)(=O)[O-])C2=C1C(=O)c1ccccc1C2=O. The lowest BCUT2D eigenvalue weighted by molar-refractivity contribution is -0.700. The van der Waals surface area contributed by atoms with Gasteiger partial charge in [-0.05, 0) is 45.6 Å². The molecule has 0 saturated heterocycles. The van der Waals surface area contributed by atoms with Crippen LogP contribution in [0.25, 0.3) is 6.08 Å². The van der Waals surface area contributed by atoms with E-state index in [1.165, 1.54) is 0 Å². The van der Waals surface area contributed by atoms with E-state index in [0.717, 1.165) is 0 Å². The summed E-state index contributed by atoms with van der Waals surface area (Å²) in [6.45, 7) is 4.65. The molecule has 55 heavy (non-hydrogen) atoms. The van der Waals surface area contributed by atoms with Crippen LogP contribution in [0.15, 0.2) is 90.1 Å². The molecule has 2 aromatic carbocycles. The number of carbonyl (C=O) groups is 4. The number of Topliss-reactive ketones (excluding diaryl/α,β-unsaturated/α-hetero) is 2. The number of rotatable bonds is 15. The molecule has 2 heterocycles. The first-order valence-corrected chi connectivity index (χ1v) is 21.1. The van der Waals surface area contributed by atoms with Crippen LogP contribution in [0.1, 0.15) is 98.2 Å². The summed E-state index contributed by atoms with van der Waals surface area (Å²) >= 11 is 0. The molecular weight excluding hydrogens is 749 g/mol. The minimum Gasteiger partial charge on any atom is -0.748 e. The molecule has 0 unspecified atom stereocenters. The summed E-state index contributed by atoms with van der Waals surface area (Å²) in [6.07, 6.45) is 9.13. The second-order valence-electron chi connectivity index (χ2n) is 13.2. The van der Waals surface area contributed by atoms with Crippen molar-refractivity contribution < 1.29 is 49.7 Å². The molecule has 2 aliphatic carbocycles. The second kappa shape index (κ2) is 15.8. The molecule has 0 atom stereocenters. The predicted molar refractivity (Wildman–Crippen MR) is 199 cm³/mol. The van der Waals surface area contributed by atoms with Gasteiger partial charge in [-0.3, -0.25) is 19.2 Å². The van der Waals surface area contributed by atoms with Gasteiger partial charge in [0.15, 0.2) is 0 Å². The van der Waals surface area contributed by atoms with Crippen LogP contribution in [0.2, 0.25) is 0 Å². The number of hydrogen-bond acceptors (Lipinski definition) is 12. The lowest BCUT2D eigenvalue weighted by atomic mass is 9.90. The fraction of sp³-hybridized carbons (Fsp3) is 0.308. The highest BCUT2D eigenvalue weighted by Crippen LogP contribution is 2.40. The maximum absolute atomic E-state index is 13.8. The quantitative estimate of drug-likeness (QED) is 0.0736. The van der Waals surface area contributed by atoms with Crippen molar-refractivity contribution in [2.75, 3.05) is 24.6 Å². The van der Waals surface area contributed by atoms with Gasteiger partial charge in [0, 0.05) is 52.9 Å². The lowest BCUT2D eigenvalue weighted by Gasteiger charge is -2.26. The van der Waals surface area contributed by atoms with Gasteiger partial charge in [-0.15, -0.1) is 0 Å². The lowest BCUT2D eigenvalue weighted by Crippen LogP contribution is -2.43. The Morgan fingerprint density at radius 1 is 0.636 bits per heavy atom. The summed E-state index contributed by atoms with van der Waals surface area (Å²) in [5.74, 6) is -1.46. The maximum Gasteiger partial charge on any atom is 0.282 e. The van der Waals surface area contributed by atoms with Crippen molar-refractivity contribution in [2.24, 2.45) is 0 Å². The van der Waals surface area contributed by atoms with E-state index in [1.54, 1.807) is 97.8 Å². The molecule has 3 aromatic rings. The van der Waals surface area contributed by atoms with Crippen LogP contribution in [0.3, 0.4) is 0 Å². The van der Waals surface area contributed by atoms with Crippen LogP contribution in [0.5, 0.6) is 0 Å². The largest absolute Gasteiger partial charge is 0.748 e. The minimum absolute atomic E-state index is 0.0610. The molecule has 0 bridgehead atoms. The Kier molecular flexibility index (Phi) is 11.3. The highest BCUT2D eigenvalue weighted by Gasteiger charge is 2.45. The van der Waals surface area contributed by atoms with Crippen LogP contribution < -0.4 is 4.57 Å². The summed E-state index contributed by atoms with van der Waals surface area (Å²) in [5.41, 5.74) is 1.88. The molecule has 6 rings (SSSR count). The van der Waals surface area contributed by atoms with Gasteiger partial charge >= 0.3 is 0 Å². The van der Waals surface area contributed by atoms with E-state index in [1.807, 2.05) is 13.8 Å². The van der Waals surface area contributed by atoms with E-state index in [2.05, 4.69) is 0 Å². The Morgan fingerprint density at radius 3 is 1.71 bits per heavy atom. The van der Waals surface area contributed by atoms with Gasteiger partial charge in [-0.1, -0.05) is 66.8 Å². The summed E-state index contributed by atoms with van der Waals surface area (Å²) in [5, 5.41) is 0. The number of fused-ring (bicyclic) bond motifs is 3. The van der Waals surface area contributed by atoms with Crippen LogP contribution in [-0.4, -0.2) is 88.0 Å². The zero-order valence-corrected chi connectivity index (χ0v) is 31.9. The minimum atomic E-state index is -4.44. The molecule has 0 saturated carbocycles. The van der Waals surface area contributed by atoms with Crippen LogP contribution >= 0.6 is 0 Å². The molecule has 0 fully saturated rings. The van der Waals surface area contributed by atoms with E-state index in [-0.39, 0.29) is 107 Å². The summed E-state index contributed by atoms with van der Waals surface area (Å²) in [6, 6.07) is 13.1. The molecule has 1 aliphatic heterocycles. The Bertz CT molecular complexity index is 2460. The highest BCUT2D eigenvalue weighted by atomic mass is 32.2.